The van der Waals surface area contributed by atoms with E-state index in [0.29, 0.717) is 5.69 Å². The molecular weight excluding hydrogens is 391 g/mol. The number of aromatic nitrogens is 2. The Morgan fingerprint density at radius 3 is 2.31 bits per heavy atom. The minimum absolute atomic E-state index is 0.102. The first kappa shape index (κ1) is 20.2. The Balaban J connectivity index is 2.25. The van der Waals surface area contributed by atoms with Gasteiger partial charge in [-0.15, -0.1) is 0 Å². The predicted molar refractivity (Wildman–Crippen MR) is 98.5 cm³/mol. The Morgan fingerprint density at radius 1 is 1.10 bits per heavy atom. The minimum atomic E-state index is -4.60. The molecule has 0 aliphatic carbocycles. The van der Waals surface area contributed by atoms with Crippen molar-refractivity contribution in [1.82, 2.24) is 9.55 Å². The first-order valence-electron chi connectivity index (χ1n) is 8.34. The number of halogens is 3. The highest BCUT2D eigenvalue weighted by molar-refractivity contribution is 5.76. The van der Waals surface area contributed by atoms with Crippen LogP contribution in [0, 0.1) is 24.0 Å². The van der Waals surface area contributed by atoms with Crippen molar-refractivity contribution in [2.75, 3.05) is 0 Å². The second-order valence-corrected chi connectivity index (χ2v) is 6.55. The molecule has 0 bridgehead atoms. The molecule has 10 heteroatoms. The third-order valence-electron chi connectivity index (χ3n) is 4.57. The number of nitro benzene ring substituents is 1. The third kappa shape index (κ3) is 3.48. The Labute approximate surface area is 162 Å². The number of benzene rings is 1. The number of phenols is 2. The Kier molecular flexibility index (Phi) is 4.73. The van der Waals surface area contributed by atoms with Gasteiger partial charge in [0, 0.05) is 41.3 Å². The average molecular weight is 407 g/mol. The van der Waals surface area contributed by atoms with Crippen molar-refractivity contribution in [2.45, 2.75) is 20.0 Å². The van der Waals surface area contributed by atoms with E-state index in [0.717, 1.165) is 18.2 Å². The molecule has 2 heterocycles. The van der Waals surface area contributed by atoms with Gasteiger partial charge in [-0.2, -0.15) is 13.2 Å². The van der Waals surface area contributed by atoms with Crippen LogP contribution in [0.4, 0.5) is 18.9 Å². The van der Waals surface area contributed by atoms with E-state index in [2.05, 4.69) is 4.98 Å². The maximum atomic E-state index is 13.6. The normalized spacial score (nSPS) is 11.7. The van der Waals surface area contributed by atoms with Crippen molar-refractivity contribution in [3.05, 3.63) is 57.4 Å². The summed E-state index contributed by atoms with van der Waals surface area (Å²) in [5.74, 6) is -1.59. The molecule has 0 atom stereocenters. The average Bonchev–Trinajstić information content (AvgIpc) is 2.97. The molecule has 3 aromatic rings. The van der Waals surface area contributed by atoms with Crippen molar-refractivity contribution >= 4 is 5.69 Å². The molecular formula is C19H16F3N3O4. The van der Waals surface area contributed by atoms with Crippen LogP contribution in [0.15, 0.2) is 30.3 Å². The van der Waals surface area contributed by atoms with E-state index >= 15 is 0 Å². The second-order valence-electron chi connectivity index (χ2n) is 6.55. The molecule has 2 aromatic heterocycles. The number of alkyl halides is 3. The molecule has 1 aromatic carbocycles. The molecule has 7 nitrogen and oxygen atoms in total. The van der Waals surface area contributed by atoms with E-state index in [1.165, 1.54) is 37.6 Å². The summed E-state index contributed by atoms with van der Waals surface area (Å²) >= 11 is 0. The molecule has 0 fully saturated rings. The monoisotopic (exact) mass is 407 g/mol. The zero-order valence-corrected chi connectivity index (χ0v) is 15.6. The highest BCUT2D eigenvalue weighted by atomic mass is 19.4. The topological polar surface area (TPSA) is 101 Å². The lowest BCUT2D eigenvalue weighted by Gasteiger charge is -2.17. The maximum Gasteiger partial charge on any atom is 0.417 e. The van der Waals surface area contributed by atoms with E-state index in [9.17, 15) is 33.5 Å². The van der Waals surface area contributed by atoms with Crippen LogP contribution >= 0.6 is 0 Å². The number of rotatable bonds is 3. The van der Waals surface area contributed by atoms with E-state index in [1.807, 2.05) is 0 Å². The van der Waals surface area contributed by atoms with Crippen molar-refractivity contribution in [3.8, 4) is 34.0 Å². The zero-order valence-electron chi connectivity index (χ0n) is 15.6. The fourth-order valence-electron chi connectivity index (χ4n) is 3.32. The van der Waals surface area contributed by atoms with Gasteiger partial charge in [-0.1, -0.05) is 0 Å². The molecule has 0 amide bonds. The van der Waals surface area contributed by atoms with Crippen LogP contribution in [0.2, 0.25) is 0 Å². The number of hydrogen-bond acceptors (Lipinski definition) is 5. The molecule has 0 aliphatic heterocycles. The first-order valence-corrected chi connectivity index (χ1v) is 8.34. The summed E-state index contributed by atoms with van der Waals surface area (Å²) in [5, 5.41) is 30.6. The Bertz CT molecular complexity index is 1140. The summed E-state index contributed by atoms with van der Waals surface area (Å²) in [6.45, 7) is 2.95. The van der Waals surface area contributed by atoms with Gasteiger partial charge in [-0.05, 0) is 38.1 Å². The number of pyridine rings is 1. The van der Waals surface area contributed by atoms with Gasteiger partial charge in [0.25, 0.3) is 0 Å². The molecule has 0 saturated carbocycles. The number of phenolic OH excluding ortho intramolecular Hbond substituents is 2. The van der Waals surface area contributed by atoms with Gasteiger partial charge in [0.15, 0.2) is 5.75 Å². The standard InChI is InChI=1S/C19H16F3N3O4/c1-9-6-12(19(20,21)22)17(10(2)23-9)14-5-4-13(24(14)3)11-7-15(25(28)29)18(27)16(26)8-11/h4-8,26-27H,1-3H3. The lowest BCUT2D eigenvalue weighted by molar-refractivity contribution is -0.385. The summed E-state index contributed by atoms with van der Waals surface area (Å²) in [6.07, 6.45) is -4.60. The number of aromatic hydroxyl groups is 2. The van der Waals surface area contributed by atoms with Gasteiger partial charge in [-0.25, -0.2) is 0 Å². The summed E-state index contributed by atoms with van der Waals surface area (Å²) < 4.78 is 42.3. The lowest BCUT2D eigenvalue weighted by atomic mass is 10.0. The van der Waals surface area contributed by atoms with E-state index < -0.39 is 33.8 Å². The van der Waals surface area contributed by atoms with Crippen LogP contribution in [0.5, 0.6) is 11.5 Å². The summed E-state index contributed by atoms with van der Waals surface area (Å²) in [5.41, 5.74) is -0.571. The van der Waals surface area contributed by atoms with Gasteiger partial charge in [0.1, 0.15) is 0 Å². The SMILES string of the molecule is Cc1cc(C(F)(F)F)c(-c2ccc(-c3cc(O)c(O)c([N+](=O)[O-])c3)n2C)c(C)n1. The van der Waals surface area contributed by atoms with Gasteiger partial charge < -0.3 is 14.8 Å². The van der Waals surface area contributed by atoms with Crippen molar-refractivity contribution in [1.29, 1.82) is 0 Å². The van der Waals surface area contributed by atoms with Crippen LogP contribution in [0.1, 0.15) is 17.0 Å². The van der Waals surface area contributed by atoms with Crippen LogP contribution in [-0.2, 0) is 13.2 Å². The largest absolute Gasteiger partial charge is 0.504 e. The highest BCUT2D eigenvalue weighted by Gasteiger charge is 2.36. The quantitative estimate of drug-likeness (QED) is 0.372. The van der Waals surface area contributed by atoms with Crippen LogP contribution < -0.4 is 0 Å². The smallest absolute Gasteiger partial charge is 0.417 e. The van der Waals surface area contributed by atoms with Crippen molar-refractivity contribution in [2.24, 2.45) is 7.05 Å². The molecule has 29 heavy (non-hydrogen) atoms. The number of nitro groups is 1. The van der Waals surface area contributed by atoms with Crippen molar-refractivity contribution < 1.29 is 28.3 Å². The molecule has 0 radical (unpaired) electrons. The number of nitrogens with zero attached hydrogens (tertiary/aromatic N) is 3. The molecule has 0 spiro atoms. The first-order chi connectivity index (χ1) is 13.4. The van der Waals surface area contributed by atoms with Gasteiger partial charge in [0.2, 0.25) is 5.75 Å². The van der Waals surface area contributed by atoms with E-state index in [1.54, 1.807) is 0 Å². The summed E-state index contributed by atoms with van der Waals surface area (Å²) in [6, 6.07) is 6.03. The summed E-state index contributed by atoms with van der Waals surface area (Å²) in [7, 11) is 1.50. The fraction of sp³-hybridized carbons (Fsp3) is 0.211. The zero-order chi connectivity index (χ0) is 21.7. The van der Waals surface area contributed by atoms with Gasteiger partial charge >= 0.3 is 11.9 Å². The molecule has 3 rings (SSSR count). The van der Waals surface area contributed by atoms with Gasteiger partial charge in [-0.3, -0.25) is 15.1 Å². The molecule has 0 saturated heterocycles. The van der Waals surface area contributed by atoms with Crippen LogP contribution in [-0.4, -0.2) is 24.7 Å². The van der Waals surface area contributed by atoms with Crippen LogP contribution in [0.3, 0.4) is 0 Å². The van der Waals surface area contributed by atoms with Crippen LogP contribution in [0.25, 0.3) is 22.5 Å². The fourth-order valence-corrected chi connectivity index (χ4v) is 3.32. The molecule has 2 N–H and O–H groups in total. The lowest BCUT2D eigenvalue weighted by Crippen LogP contribution is -2.11. The Hall–Kier alpha value is -3.56. The van der Waals surface area contributed by atoms with E-state index in [-0.39, 0.29) is 28.2 Å². The van der Waals surface area contributed by atoms with E-state index in [4.69, 9.17) is 0 Å². The second kappa shape index (κ2) is 6.80. The summed E-state index contributed by atoms with van der Waals surface area (Å²) in [4.78, 5) is 14.4. The predicted octanol–water partition coefficient (Wildman–Crippen LogP) is 4.71. The van der Waals surface area contributed by atoms with Gasteiger partial charge in [0.05, 0.1) is 16.2 Å². The Morgan fingerprint density at radius 2 is 1.72 bits per heavy atom. The maximum absolute atomic E-state index is 13.6. The highest BCUT2D eigenvalue weighted by Crippen LogP contribution is 2.42. The van der Waals surface area contributed by atoms with Crippen molar-refractivity contribution in [3.63, 3.8) is 0 Å². The number of hydrogen-bond donors (Lipinski definition) is 2. The molecule has 152 valence electrons. The number of aryl methyl sites for hydroxylation is 2. The molecule has 0 aliphatic rings. The minimum Gasteiger partial charge on any atom is -0.504 e. The third-order valence-corrected chi connectivity index (χ3v) is 4.57. The molecule has 0 unspecified atom stereocenters.